The Morgan fingerprint density at radius 2 is 1.33 bits per heavy atom. The minimum absolute atomic E-state index is 0.437. The maximum Gasteiger partial charge on any atom is 0.335 e. The number of esters is 1. The quantitative estimate of drug-likeness (QED) is 0.173. The van der Waals surface area contributed by atoms with Gasteiger partial charge in [0, 0.05) is 6.08 Å². The first-order chi connectivity index (χ1) is 13.2. The lowest BCUT2D eigenvalue weighted by Gasteiger charge is -2.06. The second kappa shape index (κ2) is 12.1. The maximum atomic E-state index is 11.2. The molecular weight excluding hydrogens is 332 g/mol. The molecule has 0 aliphatic carbocycles. The number of benzene rings is 2. The number of rotatable bonds is 12. The van der Waals surface area contributed by atoms with Crippen LogP contribution in [0.3, 0.4) is 0 Å². The zero-order valence-electron chi connectivity index (χ0n) is 16.6. The molecule has 0 aliphatic heterocycles. The minimum Gasteiger partial charge on any atom is -0.423 e. The third-order valence-corrected chi connectivity index (χ3v) is 4.85. The Hall–Kier alpha value is -2.35. The normalized spacial score (nSPS) is 10.6. The number of ether oxygens (including phenoxy) is 1. The van der Waals surface area contributed by atoms with Gasteiger partial charge in [0.25, 0.3) is 0 Å². The number of hydrogen-bond acceptors (Lipinski definition) is 2. The number of aryl methyl sites for hydroxylation is 1. The first kappa shape index (κ1) is 21.0. The number of carbonyl (C=O) groups is 1. The van der Waals surface area contributed by atoms with Crippen LogP contribution in [0, 0.1) is 0 Å². The van der Waals surface area contributed by atoms with Crippen LogP contribution < -0.4 is 4.74 Å². The molecule has 0 atom stereocenters. The van der Waals surface area contributed by atoms with Gasteiger partial charge in [-0.2, -0.15) is 0 Å². The Kier molecular flexibility index (Phi) is 9.40. The molecule has 2 rings (SSSR count). The Morgan fingerprint density at radius 1 is 0.815 bits per heavy atom. The summed E-state index contributed by atoms with van der Waals surface area (Å²) < 4.78 is 5.11. The molecular formula is C25H32O2. The molecule has 2 nitrogen and oxygen atoms in total. The molecule has 0 saturated carbocycles. The van der Waals surface area contributed by atoms with E-state index in [0.717, 1.165) is 12.0 Å². The first-order valence-electron chi connectivity index (χ1n) is 10.3. The lowest BCUT2D eigenvalue weighted by molar-refractivity contribution is -0.128. The van der Waals surface area contributed by atoms with Crippen LogP contribution in [0.15, 0.2) is 61.2 Å². The maximum absolute atomic E-state index is 11.2. The Morgan fingerprint density at radius 3 is 1.89 bits per heavy atom. The van der Waals surface area contributed by atoms with E-state index < -0.39 is 5.97 Å². The van der Waals surface area contributed by atoms with Gasteiger partial charge in [-0.3, -0.25) is 0 Å². The molecule has 0 bridgehead atoms. The Bertz CT molecular complexity index is 683. The Balaban J connectivity index is 1.74. The van der Waals surface area contributed by atoms with Crippen LogP contribution in [0.1, 0.15) is 63.9 Å². The Labute approximate surface area is 164 Å². The summed E-state index contributed by atoms with van der Waals surface area (Å²) in [6, 6.07) is 16.4. The fourth-order valence-corrected chi connectivity index (χ4v) is 3.20. The summed E-state index contributed by atoms with van der Waals surface area (Å²) in [4.78, 5) is 11.2. The zero-order valence-corrected chi connectivity index (χ0v) is 16.6. The van der Waals surface area contributed by atoms with Crippen molar-refractivity contribution in [2.45, 2.75) is 64.7 Å². The van der Waals surface area contributed by atoms with Crippen molar-refractivity contribution < 1.29 is 9.53 Å². The van der Waals surface area contributed by atoms with Gasteiger partial charge in [-0.1, -0.05) is 94.8 Å². The highest BCUT2D eigenvalue weighted by molar-refractivity contribution is 5.83. The molecule has 0 radical (unpaired) electrons. The summed E-state index contributed by atoms with van der Waals surface area (Å²) in [6.45, 7) is 5.67. The van der Waals surface area contributed by atoms with Crippen LogP contribution >= 0.6 is 0 Å². The second-order valence-corrected chi connectivity index (χ2v) is 7.07. The summed E-state index contributed by atoms with van der Waals surface area (Å²) in [5.74, 6) is 0.100. The molecule has 0 spiro atoms. The monoisotopic (exact) mass is 364 g/mol. The smallest absolute Gasteiger partial charge is 0.335 e. The summed E-state index contributed by atoms with van der Waals surface area (Å²) in [5.41, 5.74) is 3.70. The van der Waals surface area contributed by atoms with Crippen molar-refractivity contribution in [3.05, 3.63) is 66.7 Å². The highest BCUT2D eigenvalue weighted by Gasteiger charge is 2.02. The lowest BCUT2D eigenvalue weighted by Crippen LogP contribution is -2.02. The van der Waals surface area contributed by atoms with E-state index in [2.05, 4.69) is 37.8 Å². The van der Waals surface area contributed by atoms with Gasteiger partial charge in [0.1, 0.15) is 5.75 Å². The van der Waals surface area contributed by atoms with Crippen LogP contribution in [0.2, 0.25) is 0 Å². The predicted molar refractivity (Wildman–Crippen MR) is 114 cm³/mol. The number of carbonyl (C=O) groups excluding carboxylic acids is 1. The standard InChI is InChI=1S/C25H32O2/c1-3-5-6-7-8-9-10-11-12-21-13-15-22(16-14-21)23-17-19-24(20-18-23)27-25(26)4-2/h4,13-20H,2-3,5-12H2,1H3. The third kappa shape index (κ3) is 7.82. The molecule has 0 fully saturated rings. The number of unbranched alkanes of at least 4 members (excludes halogenated alkanes) is 7. The van der Waals surface area contributed by atoms with Crippen LogP contribution in [0.4, 0.5) is 0 Å². The van der Waals surface area contributed by atoms with Crippen molar-refractivity contribution in [3.63, 3.8) is 0 Å². The molecule has 0 saturated heterocycles. The zero-order chi connectivity index (χ0) is 19.3. The van der Waals surface area contributed by atoms with Gasteiger partial charge in [0.2, 0.25) is 0 Å². The fourth-order valence-electron chi connectivity index (χ4n) is 3.20. The van der Waals surface area contributed by atoms with Crippen molar-refractivity contribution >= 4 is 5.97 Å². The van der Waals surface area contributed by atoms with Gasteiger partial charge < -0.3 is 4.74 Å². The summed E-state index contributed by atoms with van der Waals surface area (Å²) >= 11 is 0. The average molecular weight is 365 g/mol. The highest BCUT2D eigenvalue weighted by Crippen LogP contribution is 2.23. The van der Waals surface area contributed by atoms with Gasteiger partial charge >= 0.3 is 5.97 Å². The van der Waals surface area contributed by atoms with E-state index in [4.69, 9.17) is 4.74 Å². The predicted octanol–water partition coefficient (Wildman–Crippen LogP) is 7.13. The van der Waals surface area contributed by atoms with E-state index >= 15 is 0 Å². The molecule has 0 heterocycles. The fraction of sp³-hybridized carbons (Fsp3) is 0.400. The van der Waals surface area contributed by atoms with Gasteiger partial charge in [0.15, 0.2) is 0 Å². The van der Waals surface area contributed by atoms with Gasteiger partial charge in [0.05, 0.1) is 0 Å². The topological polar surface area (TPSA) is 26.3 Å². The molecule has 0 unspecified atom stereocenters. The minimum atomic E-state index is -0.437. The summed E-state index contributed by atoms with van der Waals surface area (Å²) in [6.07, 6.45) is 13.2. The van der Waals surface area contributed by atoms with Crippen molar-refractivity contribution in [3.8, 4) is 16.9 Å². The molecule has 0 aromatic heterocycles. The van der Waals surface area contributed by atoms with E-state index in [0.29, 0.717) is 5.75 Å². The second-order valence-electron chi connectivity index (χ2n) is 7.07. The van der Waals surface area contributed by atoms with E-state index in [1.807, 2.05) is 24.3 Å². The molecule has 2 aromatic rings. The first-order valence-corrected chi connectivity index (χ1v) is 10.3. The number of hydrogen-bond donors (Lipinski definition) is 0. The van der Waals surface area contributed by atoms with Crippen molar-refractivity contribution in [2.75, 3.05) is 0 Å². The van der Waals surface area contributed by atoms with Crippen LogP contribution in [0.5, 0.6) is 5.75 Å². The highest BCUT2D eigenvalue weighted by atomic mass is 16.5. The van der Waals surface area contributed by atoms with Crippen molar-refractivity contribution in [2.24, 2.45) is 0 Å². The largest absolute Gasteiger partial charge is 0.423 e. The third-order valence-electron chi connectivity index (χ3n) is 4.85. The molecule has 2 heteroatoms. The van der Waals surface area contributed by atoms with Gasteiger partial charge in [-0.05, 0) is 41.7 Å². The van der Waals surface area contributed by atoms with E-state index in [1.165, 1.54) is 68.6 Å². The van der Waals surface area contributed by atoms with E-state index in [-0.39, 0.29) is 0 Å². The summed E-state index contributed by atoms with van der Waals surface area (Å²) in [7, 11) is 0. The van der Waals surface area contributed by atoms with Gasteiger partial charge in [-0.15, -0.1) is 0 Å². The SMILES string of the molecule is C=CC(=O)Oc1ccc(-c2ccc(CCCCCCCCCC)cc2)cc1. The van der Waals surface area contributed by atoms with Crippen LogP contribution in [0.25, 0.3) is 11.1 Å². The van der Waals surface area contributed by atoms with Crippen LogP contribution in [-0.4, -0.2) is 5.97 Å². The summed E-state index contributed by atoms with van der Waals surface area (Å²) in [5, 5.41) is 0. The molecule has 27 heavy (non-hydrogen) atoms. The molecule has 2 aromatic carbocycles. The molecule has 0 amide bonds. The molecule has 0 N–H and O–H groups in total. The molecule has 0 aliphatic rings. The van der Waals surface area contributed by atoms with Gasteiger partial charge in [-0.25, -0.2) is 4.79 Å². The van der Waals surface area contributed by atoms with E-state index in [9.17, 15) is 4.79 Å². The molecule has 144 valence electrons. The van der Waals surface area contributed by atoms with Crippen LogP contribution in [-0.2, 0) is 11.2 Å². The average Bonchev–Trinajstić information content (AvgIpc) is 2.71. The lowest BCUT2D eigenvalue weighted by atomic mass is 10.0. The van der Waals surface area contributed by atoms with Crippen molar-refractivity contribution in [1.29, 1.82) is 0 Å². The van der Waals surface area contributed by atoms with E-state index in [1.54, 1.807) is 0 Å². The van der Waals surface area contributed by atoms with Crippen molar-refractivity contribution in [1.82, 2.24) is 0 Å².